The molecule has 2 aliphatic heterocycles. The number of aryl methyl sites for hydroxylation is 1. The van der Waals surface area contributed by atoms with Gasteiger partial charge in [0.15, 0.2) is 0 Å². The van der Waals surface area contributed by atoms with Crippen LogP contribution in [-0.4, -0.2) is 73.5 Å². The number of nitrogens with zero attached hydrogens (tertiary/aromatic N) is 5. The lowest BCUT2D eigenvalue weighted by atomic mass is 9.87. The lowest BCUT2D eigenvalue weighted by Crippen LogP contribution is -2.39. The van der Waals surface area contributed by atoms with Crippen molar-refractivity contribution in [3.05, 3.63) is 59.4 Å². The van der Waals surface area contributed by atoms with Crippen LogP contribution in [0.25, 0.3) is 11.3 Å². The number of nitrogens with one attached hydrogen (secondary N) is 1. The molecule has 38 heavy (non-hydrogen) atoms. The Morgan fingerprint density at radius 1 is 0.895 bits per heavy atom. The highest BCUT2D eigenvalue weighted by Gasteiger charge is 2.21. The fourth-order valence-corrected chi connectivity index (χ4v) is 4.57. The third kappa shape index (κ3) is 5.95. The van der Waals surface area contributed by atoms with Crippen LogP contribution >= 0.6 is 0 Å². The average molecular weight is 517 g/mol. The second-order valence-electron chi connectivity index (χ2n) is 10.8. The number of anilines is 3. The summed E-state index contributed by atoms with van der Waals surface area (Å²) in [5, 5.41) is 3.05. The predicted molar refractivity (Wildman–Crippen MR) is 149 cm³/mol. The zero-order valence-electron chi connectivity index (χ0n) is 22.7. The zero-order chi connectivity index (χ0) is 26.7. The van der Waals surface area contributed by atoms with Gasteiger partial charge in [-0.25, -0.2) is 4.98 Å². The van der Waals surface area contributed by atoms with E-state index in [4.69, 9.17) is 19.4 Å². The van der Waals surface area contributed by atoms with Crippen LogP contribution in [0.3, 0.4) is 0 Å². The minimum Gasteiger partial charge on any atom is -0.378 e. The summed E-state index contributed by atoms with van der Waals surface area (Å²) in [5.41, 5.74) is 5.01. The van der Waals surface area contributed by atoms with Gasteiger partial charge < -0.3 is 24.6 Å². The Bertz CT molecular complexity index is 1260. The number of hydrogen-bond donors (Lipinski definition) is 1. The number of aromatic nitrogens is 3. The van der Waals surface area contributed by atoms with Crippen LogP contribution in [0.5, 0.6) is 0 Å². The maximum atomic E-state index is 13.1. The van der Waals surface area contributed by atoms with Crippen LogP contribution in [-0.2, 0) is 14.9 Å². The van der Waals surface area contributed by atoms with E-state index < -0.39 is 0 Å². The Hall–Kier alpha value is -3.56. The van der Waals surface area contributed by atoms with Gasteiger partial charge in [0.05, 0.1) is 37.7 Å². The van der Waals surface area contributed by atoms with E-state index in [0.717, 1.165) is 54.4 Å². The molecule has 0 bridgehead atoms. The van der Waals surface area contributed by atoms with E-state index in [9.17, 15) is 4.79 Å². The highest BCUT2D eigenvalue weighted by molar-refractivity contribution is 6.04. The molecule has 0 atom stereocenters. The molecule has 9 heteroatoms. The molecule has 0 aliphatic carbocycles. The van der Waals surface area contributed by atoms with E-state index in [2.05, 4.69) is 47.8 Å². The van der Waals surface area contributed by atoms with Crippen LogP contribution in [0.15, 0.2) is 42.7 Å². The summed E-state index contributed by atoms with van der Waals surface area (Å²) in [5.74, 6) is 1.40. The van der Waals surface area contributed by atoms with Crippen molar-refractivity contribution >= 4 is 23.4 Å². The molecule has 9 nitrogen and oxygen atoms in total. The van der Waals surface area contributed by atoms with Crippen LogP contribution in [0.1, 0.15) is 42.3 Å². The molecule has 3 aromatic rings. The summed E-state index contributed by atoms with van der Waals surface area (Å²) in [6.45, 7) is 14.1. The number of pyridine rings is 1. The second-order valence-corrected chi connectivity index (χ2v) is 10.8. The average Bonchev–Trinajstić information content (AvgIpc) is 2.94. The summed E-state index contributed by atoms with van der Waals surface area (Å²) in [7, 11) is 0. The number of rotatable bonds is 5. The number of carbonyl (C=O) groups is 1. The molecule has 0 radical (unpaired) electrons. The first-order valence-electron chi connectivity index (χ1n) is 13.2. The Kier molecular flexibility index (Phi) is 7.58. The normalized spacial score (nSPS) is 16.4. The van der Waals surface area contributed by atoms with Gasteiger partial charge in [-0.05, 0) is 41.7 Å². The summed E-state index contributed by atoms with van der Waals surface area (Å²) >= 11 is 0. The van der Waals surface area contributed by atoms with Gasteiger partial charge in [-0.15, -0.1) is 0 Å². The van der Waals surface area contributed by atoms with Crippen molar-refractivity contribution in [2.75, 3.05) is 67.7 Å². The molecular formula is C29H36N6O3. The van der Waals surface area contributed by atoms with Crippen molar-refractivity contribution in [1.29, 1.82) is 0 Å². The van der Waals surface area contributed by atoms with E-state index in [1.807, 2.05) is 36.5 Å². The Labute approximate surface area is 224 Å². The number of carbonyl (C=O) groups excluding carboxylic acids is 1. The van der Waals surface area contributed by atoms with Crippen LogP contribution in [0.2, 0.25) is 0 Å². The lowest BCUT2D eigenvalue weighted by molar-refractivity contribution is 0.102. The fourth-order valence-electron chi connectivity index (χ4n) is 4.57. The first-order valence-corrected chi connectivity index (χ1v) is 13.2. The van der Waals surface area contributed by atoms with Crippen molar-refractivity contribution in [3.8, 4) is 11.3 Å². The summed E-state index contributed by atoms with van der Waals surface area (Å²) in [6, 6.07) is 9.87. The fraction of sp³-hybridized carbons (Fsp3) is 0.448. The third-order valence-electron chi connectivity index (χ3n) is 6.97. The number of ether oxygens (including phenoxy) is 2. The SMILES string of the molecule is Cc1ccc(NC(=O)c2cncc(C(C)(C)C)c2)cc1-c1cc(N2CCOCC2)nc(N2CCOCC2)n1. The minimum atomic E-state index is -0.191. The molecule has 200 valence electrons. The third-order valence-corrected chi connectivity index (χ3v) is 6.97. The quantitative estimate of drug-likeness (QED) is 0.543. The second kappa shape index (κ2) is 11.0. The molecule has 1 aromatic carbocycles. The van der Waals surface area contributed by atoms with Gasteiger partial charge in [0.1, 0.15) is 5.82 Å². The Balaban J connectivity index is 1.47. The molecule has 2 fully saturated rings. The maximum absolute atomic E-state index is 13.1. The van der Waals surface area contributed by atoms with Crippen molar-refractivity contribution in [2.45, 2.75) is 33.1 Å². The van der Waals surface area contributed by atoms with Gasteiger partial charge in [0.25, 0.3) is 5.91 Å². The molecule has 2 saturated heterocycles. The van der Waals surface area contributed by atoms with Crippen molar-refractivity contribution in [1.82, 2.24) is 15.0 Å². The topological polar surface area (TPSA) is 92.7 Å². The monoisotopic (exact) mass is 516 g/mol. The smallest absolute Gasteiger partial charge is 0.257 e. The van der Waals surface area contributed by atoms with Gasteiger partial charge in [0, 0.05) is 55.9 Å². The highest BCUT2D eigenvalue weighted by atomic mass is 16.5. The maximum Gasteiger partial charge on any atom is 0.257 e. The molecular weight excluding hydrogens is 480 g/mol. The summed E-state index contributed by atoms with van der Waals surface area (Å²) < 4.78 is 11.1. The molecule has 5 rings (SSSR count). The van der Waals surface area contributed by atoms with Crippen LogP contribution in [0, 0.1) is 6.92 Å². The zero-order valence-corrected chi connectivity index (χ0v) is 22.7. The summed E-state index contributed by atoms with van der Waals surface area (Å²) in [6.07, 6.45) is 3.42. The van der Waals surface area contributed by atoms with Gasteiger partial charge in [-0.2, -0.15) is 4.98 Å². The predicted octanol–water partition coefficient (Wildman–Crippen LogP) is 4.07. The Morgan fingerprint density at radius 3 is 2.26 bits per heavy atom. The standard InChI is InChI=1S/C29H36N6O3/c1-20-5-6-23(31-27(36)21-15-22(19-30-18-21)29(2,3)4)16-24(20)25-17-26(34-7-11-37-12-8-34)33-28(32-25)35-9-13-38-14-10-35/h5-6,15-19H,7-14H2,1-4H3,(H,31,36). The van der Waals surface area contributed by atoms with Gasteiger partial charge >= 0.3 is 0 Å². The molecule has 0 unspecified atom stereocenters. The van der Waals surface area contributed by atoms with Gasteiger partial charge in [0.2, 0.25) is 5.95 Å². The molecule has 2 aromatic heterocycles. The largest absolute Gasteiger partial charge is 0.378 e. The molecule has 2 aliphatic rings. The Morgan fingerprint density at radius 2 is 1.58 bits per heavy atom. The molecule has 0 spiro atoms. The number of hydrogen-bond acceptors (Lipinski definition) is 8. The molecule has 1 amide bonds. The first kappa shape index (κ1) is 26.1. The van der Waals surface area contributed by atoms with Gasteiger partial charge in [-0.3, -0.25) is 9.78 Å². The lowest BCUT2D eigenvalue weighted by Gasteiger charge is -2.31. The van der Waals surface area contributed by atoms with Crippen molar-refractivity contribution < 1.29 is 14.3 Å². The number of benzene rings is 1. The van der Waals surface area contributed by atoms with E-state index in [-0.39, 0.29) is 11.3 Å². The first-order chi connectivity index (χ1) is 18.3. The van der Waals surface area contributed by atoms with Gasteiger partial charge in [-0.1, -0.05) is 26.8 Å². The number of amides is 1. The summed E-state index contributed by atoms with van der Waals surface area (Å²) in [4.78, 5) is 31.8. The molecule has 1 N–H and O–H groups in total. The molecule has 4 heterocycles. The van der Waals surface area contributed by atoms with E-state index in [1.165, 1.54) is 0 Å². The van der Waals surface area contributed by atoms with E-state index in [0.29, 0.717) is 43.6 Å². The highest BCUT2D eigenvalue weighted by Crippen LogP contribution is 2.30. The molecule has 0 saturated carbocycles. The van der Waals surface area contributed by atoms with E-state index >= 15 is 0 Å². The van der Waals surface area contributed by atoms with Crippen LogP contribution < -0.4 is 15.1 Å². The van der Waals surface area contributed by atoms with Crippen molar-refractivity contribution in [3.63, 3.8) is 0 Å². The minimum absolute atomic E-state index is 0.0935. The van der Waals surface area contributed by atoms with Crippen molar-refractivity contribution in [2.24, 2.45) is 0 Å². The number of morpholine rings is 2. The van der Waals surface area contributed by atoms with Crippen LogP contribution in [0.4, 0.5) is 17.5 Å². The van der Waals surface area contributed by atoms with E-state index in [1.54, 1.807) is 6.20 Å².